The van der Waals surface area contributed by atoms with Crippen molar-refractivity contribution in [3.63, 3.8) is 0 Å². The average molecular weight is 620 g/mol. The van der Waals surface area contributed by atoms with Crippen LogP contribution in [-0.2, 0) is 19.1 Å². The third kappa shape index (κ3) is 4.97. The van der Waals surface area contributed by atoms with Gasteiger partial charge >= 0.3 is 0 Å². The molecule has 0 saturated carbocycles. The SMILES string of the molecule is C=CCN(C(=O)[C@H]1[C@H]2C(=O)N(CCCCO)C(C(=O)N(CC=C)c3c(C)cccc3Cl)C23CC(C)[C@]1(C)O3)c1ccccc1. The highest BCUT2D eigenvalue weighted by molar-refractivity contribution is 6.34. The number of nitrogens with zero attached hydrogens (tertiary/aromatic N) is 3. The van der Waals surface area contributed by atoms with Crippen molar-refractivity contribution in [2.75, 3.05) is 36.0 Å². The van der Waals surface area contributed by atoms with E-state index in [0.717, 1.165) is 5.56 Å². The number of aliphatic hydroxyl groups excluding tert-OH is 1. The lowest BCUT2D eigenvalue weighted by Gasteiger charge is -2.39. The number of aryl methyl sites for hydroxylation is 1. The van der Waals surface area contributed by atoms with Crippen molar-refractivity contribution in [2.24, 2.45) is 17.8 Å². The van der Waals surface area contributed by atoms with Crippen LogP contribution in [0.2, 0.25) is 5.02 Å². The fourth-order valence-corrected chi connectivity index (χ4v) is 8.11. The summed E-state index contributed by atoms with van der Waals surface area (Å²) in [4.78, 5) is 48.9. The topological polar surface area (TPSA) is 90.4 Å². The molecule has 5 rings (SSSR count). The van der Waals surface area contributed by atoms with Crippen LogP contribution >= 0.6 is 11.6 Å². The summed E-state index contributed by atoms with van der Waals surface area (Å²) in [6, 6.07) is 13.8. The van der Waals surface area contributed by atoms with Gasteiger partial charge in [0.05, 0.1) is 28.1 Å². The summed E-state index contributed by atoms with van der Waals surface area (Å²) in [6.45, 7) is 14.3. The number of carbonyl (C=O) groups excluding carboxylic acids is 3. The Morgan fingerprint density at radius 3 is 2.39 bits per heavy atom. The van der Waals surface area contributed by atoms with E-state index in [-0.39, 0.29) is 49.9 Å². The van der Waals surface area contributed by atoms with E-state index in [4.69, 9.17) is 16.3 Å². The van der Waals surface area contributed by atoms with Gasteiger partial charge in [0.1, 0.15) is 11.6 Å². The van der Waals surface area contributed by atoms with Crippen LogP contribution in [0.4, 0.5) is 11.4 Å². The molecule has 44 heavy (non-hydrogen) atoms. The smallest absolute Gasteiger partial charge is 0.253 e. The molecule has 3 aliphatic heterocycles. The zero-order valence-corrected chi connectivity index (χ0v) is 26.5. The number of anilines is 2. The van der Waals surface area contributed by atoms with Gasteiger partial charge in [-0.3, -0.25) is 14.4 Å². The number of para-hydroxylation sites is 2. The molecular formula is C35H42ClN3O5. The molecule has 9 heteroatoms. The second-order valence-corrected chi connectivity index (χ2v) is 12.8. The Kier molecular flexibility index (Phi) is 9.08. The number of unbranched alkanes of at least 4 members (excludes halogenated alkanes) is 1. The Labute approximate surface area is 264 Å². The first kappa shape index (κ1) is 31.9. The van der Waals surface area contributed by atoms with Gasteiger partial charge < -0.3 is 24.5 Å². The molecule has 3 fully saturated rings. The van der Waals surface area contributed by atoms with Gasteiger partial charge in [0.2, 0.25) is 11.8 Å². The van der Waals surface area contributed by atoms with Gasteiger partial charge in [-0.05, 0) is 62.8 Å². The fraction of sp³-hybridized carbons (Fsp3) is 0.457. The van der Waals surface area contributed by atoms with Gasteiger partial charge in [-0.25, -0.2) is 0 Å². The molecular weight excluding hydrogens is 578 g/mol. The van der Waals surface area contributed by atoms with Crippen LogP contribution in [0.3, 0.4) is 0 Å². The van der Waals surface area contributed by atoms with Crippen molar-refractivity contribution < 1.29 is 24.2 Å². The molecule has 6 atom stereocenters. The summed E-state index contributed by atoms with van der Waals surface area (Å²) in [5.74, 6) is -2.59. The maximum atomic E-state index is 14.9. The Morgan fingerprint density at radius 2 is 1.75 bits per heavy atom. The van der Waals surface area contributed by atoms with Crippen LogP contribution in [0.15, 0.2) is 73.8 Å². The number of hydrogen-bond acceptors (Lipinski definition) is 5. The minimum atomic E-state index is -1.22. The van der Waals surface area contributed by atoms with Crippen LogP contribution < -0.4 is 9.80 Å². The summed E-state index contributed by atoms with van der Waals surface area (Å²) >= 11 is 6.67. The van der Waals surface area contributed by atoms with E-state index in [0.29, 0.717) is 35.7 Å². The molecule has 0 aliphatic carbocycles. The fourth-order valence-electron chi connectivity index (χ4n) is 7.79. The van der Waals surface area contributed by atoms with Gasteiger partial charge in [0.15, 0.2) is 0 Å². The lowest BCUT2D eigenvalue weighted by Crippen LogP contribution is -2.57. The number of benzene rings is 2. The van der Waals surface area contributed by atoms with Crippen molar-refractivity contribution in [3.8, 4) is 0 Å². The maximum absolute atomic E-state index is 14.9. The normalized spacial score (nSPS) is 28.6. The molecule has 3 amide bonds. The summed E-state index contributed by atoms with van der Waals surface area (Å²) in [7, 11) is 0. The lowest BCUT2D eigenvalue weighted by atomic mass is 9.62. The predicted molar refractivity (Wildman–Crippen MR) is 173 cm³/mol. The Hall–Kier alpha value is -3.46. The summed E-state index contributed by atoms with van der Waals surface area (Å²) in [6.07, 6.45) is 4.73. The molecule has 3 unspecified atom stereocenters. The van der Waals surface area contributed by atoms with Crippen LogP contribution in [0.1, 0.15) is 38.7 Å². The van der Waals surface area contributed by atoms with E-state index in [9.17, 15) is 19.5 Å². The largest absolute Gasteiger partial charge is 0.396 e. The minimum absolute atomic E-state index is 0.0308. The van der Waals surface area contributed by atoms with E-state index in [1.165, 1.54) is 0 Å². The maximum Gasteiger partial charge on any atom is 0.253 e. The molecule has 1 spiro atoms. The van der Waals surface area contributed by atoms with Crippen LogP contribution in [0.5, 0.6) is 0 Å². The second-order valence-electron chi connectivity index (χ2n) is 12.4. The van der Waals surface area contributed by atoms with Gasteiger partial charge in [0.25, 0.3) is 5.91 Å². The Morgan fingerprint density at radius 1 is 1.07 bits per heavy atom. The highest BCUT2D eigenvalue weighted by atomic mass is 35.5. The molecule has 1 N–H and O–H groups in total. The molecule has 3 saturated heterocycles. The molecule has 2 aromatic carbocycles. The molecule has 2 aromatic rings. The third-order valence-electron chi connectivity index (χ3n) is 9.80. The molecule has 234 valence electrons. The minimum Gasteiger partial charge on any atom is -0.396 e. The van der Waals surface area contributed by atoms with E-state index < -0.39 is 29.1 Å². The van der Waals surface area contributed by atoms with Gasteiger partial charge in [-0.1, -0.05) is 61.0 Å². The number of likely N-dealkylation sites (tertiary alicyclic amines) is 1. The summed E-state index contributed by atoms with van der Waals surface area (Å²) < 4.78 is 6.96. The first-order valence-electron chi connectivity index (χ1n) is 15.3. The van der Waals surface area contributed by atoms with Gasteiger partial charge in [0, 0.05) is 31.9 Å². The van der Waals surface area contributed by atoms with E-state index in [1.807, 2.05) is 63.2 Å². The van der Waals surface area contributed by atoms with Crippen molar-refractivity contribution in [2.45, 2.75) is 57.3 Å². The van der Waals surface area contributed by atoms with Gasteiger partial charge in [-0.2, -0.15) is 0 Å². The van der Waals surface area contributed by atoms with E-state index in [2.05, 4.69) is 13.2 Å². The molecule has 3 heterocycles. The number of aliphatic hydroxyl groups is 1. The first-order valence-corrected chi connectivity index (χ1v) is 15.7. The zero-order valence-electron chi connectivity index (χ0n) is 25.7. The van der Waals surface area contributed by atoms with Crippen LogP contribution in [0, 0.1) is 24.7 Å². The highest BCUT2D eigenvalue weighted by Crippen LogP contribution is 2.65. The average Bonchev–Trinajstić information content (AvgIpc) is 3.51. The van der Waals surface area contributed by atoms with Crippen molar-refractivity contribution in [1.82, 2.24) is 4.90 Å². The van der Waals surface area contributed by atoms with Crippen LogP contribution in [-0.4, -0.2) is 71.2 Å². The van der Waals surface area contributed by atoms with Gasteiger partial charge in [-0.15, -0.1) is 13.2 Å². The predicted octanol–water partition coefficient (Wildman–Crippen LogP) is 5.17. The summed E-state index contributed by atoms with van der Waals surface area (Å²) in [5.41, 5.74) is -0.111. The Bertz CT molecular complexity index is 1430. The third-order valence-corrected chi connectivity index (χ3v) is 10.1. The number of amides is 3. The van der Waals surface area contributed by atoms with Crippen LogP contribution in [0.25, 0.3) is 0 Å². The highest BCUT2D eigenvalue weighted by Gasteiger charge is 2.80. The quantitative estimate of drug-likeness (QED) is 0.262. The molecule has 0 radical (unpaired) electrons. The zero-order chi connectivity index (χ0) is 31.8. The molecule has 0 aromatic heterocycles. The first-order chi connectivity index (χ1) is 21.1. The number of halogens is 1. The van der Waals surface area contributed by atoms with Crippen molar-refractivity contribution in [3.05, 3.63) is 84.4 Å². The molecule has 2 bridgehead atoms. The van der Waals surface area contributed by atoms with E-state index in [1.54, 1.807) is 32.9 Å². The summed E-state index contributed by atoms with van der Waals surface area (Å²) in [5, 5.41) is 9.95. The van der Waals surface area contributed by atoms with Crippen molar-refractivity contribution in [1.29, 1.82) is 0 Å². The molecule has 3 aliphatic rings. The number of rotatable bonds is 12. The van der Waals surface area contributed by atoms with Crippen molar-refractivity contribution >= 4 is 40.7 Å². The number of carbonyl (C=O) groups is 3. The number of hydrogen-bond donors (Lipinski definition) is 1. The lowest BCUT2D eigenvalue weighted by molar-refractivity contribution is -0.145. The van der Waals surface area contributed by atoms with E-state index >= 15 is 0 Å². The number of fused-ring (bicyclic) bond motifs is 1. The second kappa shape index (κ2) is 12.5. The standard InChI is InChI=1S/C35H42ClN3O5/c1-6-18-37(25-15-9-8-10-16-25)31(41)27-28-32(42)39(20-11-12-21-40)30(35(28)22-24(4)34(27,5)44-35)33(43)38(19-7-2)29-23(3)14-13-17-26(29)36/h6-10,13-17,24,27-28,30,40H,1-2,11-12,18-22H2,3-5H3/t24?,27-,28+,30?,34+,35?/m1/s1. The Balaban J connectivity index is 1.63. The number of ether oxygens (including phenoxy) is 1. The molecule has 8 nitrogen and oxygen atoms in total. The monoisotopic (exact) mass is 619 g/mol.